The molecule has 0 unspecified atom stereocenters. The number of rotatable bonds is 2. The van der Waals surface area contributed by atoms with Gasteiger partial charge in [-0.15, -0.1) is 11.3 Å². The highest BCUT2D eigenvalue weighted by Crippen LogP contribution is 2.19. The first-order chi connectivity index (χ1) is 7.22. The Morgan fingerprint density at radius 2 is 2.60 bits per heavy atom. The number of aliphatic hydroxyl groups is 1. The second-order valence-electron chi connectivity index (χ2n) is 3.68. The summed E-state index contributed by atoms with van der Waals surface area (Å²) < 4.78 is 0. The molecule has 2 rings (SSSR count). The Hall–Kier alpha value is -0.940. The Kier molecular flexibility index (Phi) is 3.02. The van der Waals surface area contributed by atoms with E-state index < -0.39 is 0 Å². The van der Waals surface area contributed by atoms with Gasteiger partial charge in [0.2, 0.25) is 0 Å². The molecule has 1 N–H and O–H groups in total. The van der Waals surface area contributed by atoms with Crippen molar-refractivity contribution in [2.24, 2.45) is 0 Å². The molecule has 0 saturated carbocycles. The van der Waals surface area contributed by atoms with Gasteiger partial charge in [-0.2, -0.15) is 0 Å². The average Bonchev–Trinajstić information content (AvgIpc) is 2.84. The Bertz CT molecular complexity index is 364. The second-order valence-corrected chi connectivity index (χ2v) is 4.53. The smallest absolute Gasteiger partial charge is 0.265 e. The predicted molar refractivity (Wildman–Crippen MR) is 58.0 cm³/mol. The number of aryl methyl sites for hydroxylation is 1. The molecule has 1 atom stereocenters. The van der Waals surface area contributed by atoms with Crippen molar-refractivity contribution < 1.29 is 9.90 Å². The number of hydrogen-bond acceptors (Lipinski definition) is 4. The number of aromatic nitrogens is 1. The zero-order valence-corrected chi connectivity index (χ0v) is 9.46. The molecule has 1 saturated heterocycles. The highest BCUT2D eigenvalue weighted by atomic mass is 32.1. The largest absolute Gasteiger partial charge is 0.391 e. The quantitative estimate of drug-likeness (QED) is 0.815. The highest BCUT2D eigenvalue weighted by molar-refractivity contribution is 7.11. The van der Waals surface area contributed by atoms with Crippen LogP contribution in [0.1, 0.15) is 28.7 Å². The molecule has 0 aromatic carbocycles. The number of carbonyl (C=O) groups is 1. The first-order valence-corrected chi connectivity index (χ1v) is 6.00. The van der Waals surface area contributed by atoms with Gasteiger partial charge in [0.15, 0.2) is 0 Å². The Morgan fingerprint density at radius 1 is 1.80 bits per heavy atom. The summed E-state index contributed by atoms with van der Waals surface area (Å²) in [4.78, 5) is 18.6. The molecule has 0 aliphatic carbocycles. The molecule has 0 spiro atoms. The molecule has 82 valence electrons. The molecule has 5 heteroatoms. The number of nitrogens with zero attached hydrogens (tertiary/aromatic N) is 2. The molecule has 1 aromatic rings. The summed E-state index contributed by atoms with van der Waals surface area (Å²) in [6, 6.07) is 0. The summed E-state index contributed by atoms with van der Waals surface area (Å²) in [5, 5.41) is 9.37. The van der Waals surface area contributed by atoms with Gasteiger partial charge in [0.05, 0.1) is 17.3 Å². The second kappa shape index (κ2) is 4.28. The summed E-state index contributed by atoms with van der Waals surface area (Å²) >= 11 is 1.39. The summed E-state index contributed by atoms with van der Waals surface area (Å²) in [5.41, 5.74) is 2.57. The first-order valence-electron chi connectivity index (χ1n) is 5.12. The lowest BCUT2D eigenvalue weighted by atomic mass is 10.3. The van der Waals surface area contributed by atoms with Crippen molar-refractivity contribution in [3.63, 3.8) is 0 Å². The van der Waals surface area contributed by atoms with E-state index >= 15 is 0 Å². The molecule has 1 aliphatic rings. The molecular formula is C10H14N2O2S. The highest BCUT2D eigenvalue weighted by Gasteiger charge is 2.27. The van der Waals surface area contributed by atoms with Gasteiger partial charge >= 0.3 is 0 Å². The van der Waals surface area contributed by atoms with Crippen molar-refractivity contribution in [3.8, 4) is 0 Å². The van der Waals surface area contributed by atoms with Gasteiger partial charge in [0, 0.05) is 13.1 Å². The number of likely N-dealkylation sites (tertiary alicyclic amines) is 1. The van der Waals surface area contributed by atoms with E-state index in [9.17, 15) is 9.90 Å². The van der Waals surface area contributed by atoms with E-state index in [0.29, 0.717) is 19.5 Å². The van der Waals surface area contributed by atoms with Crippen molar-refractivity contribution in [1.82, 2.24) is 9.88 Å². The normalized spacial score (nSPS) is 20.9. The zero-order valence-electron chi connectivity index (χ0n) is 8.64. The maximum absolute atomic E-state index is 12.0. The first kappa shape index (κ1) is 10.6. The van der Waals surface area contributed by atoms with Crippen LogP contribution in [0.4, 0.5) is 0 Å². The van der Waals surface area contributed by atoms with E-state index in [1.54, 1.807) is 10.4 Å². The monoisotopic (exact) mass is 226 g/mol. The maximum atomic E-state index is 12.0. The molecule has 1 amide bonds. The third-order valence-corrected chi connectivity index (χ3v) is 3.48. The zero-order chi connectivity index (χ0) is 10.8. The van der Waals surface area contributed by atoms with Gasteiger partial charge in [-0.25, -0.2) is 4.98 Å². The molecule has 1 fully saturated rings. The Morgan fingerprint density at radius 3 is 3.20 bits per heavy atom. The standard InChI is InChI=1S/C10H14N2O2S/c1-2-8-9(15-6-11-8)10(14)12-4-3-7(13)5-12/h6-7,13H,2-5H2,1H3/t7-/m1/s1. The third-order valence-electron chi connectivity index (χ3n) is 2.62. The number of aliphatic hydroxyl groups excluding tert-OH is 1. The number of amides is 1. The van der Waals surface area contributed by atoms with E-state index in [4.69, 9.17) is 0 Å². The summed E-state index contributed by atoms with van der Waals surface area (Å²) in [5.74, 6) is 0.0194. The minimum Gasteiger partial charge on any atom is -0.391 e. The fraction of sp³-hybridized carbons (Fsp3) is 0.600. The summed E-state index contributed by atoms with van der Waals surface area (Å²) in [7, 11) is 0. The lowest BCUT2D eigenvalue weighted by Crippen LogP contribution is -2.29. The number of carbonyl (C=O) groups excluding carboxylic acids is 1. The van der Waals surface area contributed by atoms with Gasteiger partial charge in [-0.3, -0.25) is 4.79 Å². The molecule has 0 radical (unpaired) electrons. The number of hydrogen-bond donors (Lipinski definition) is 1. The molecular weight excluding hydrogens is 212 g/mol. The average molecular weight is 226 g/mol. The van der Waals surface area contributed by atoms with Crippen LogP contribution in [0, 0.1) is 0 Å². The number of β-amino-alcohol motifs (C(OH)–C–C–N with tert-alkyl or cyclic N) is 1. The van der Waals surface area contributed by atoms with Gasteiger partial charge in [-0.1, -0.05) is 6.92 Å². The van der Waals surface area contributed by atoms with Crippen LogP contribution in [0.15, 0.2) is 5.51 Å². The molecule has 0 bridgehead atoms. The van der Waals surface area contributed by atoms with Crippen molar-refractivity contribution in [2.75, 3.05) is 13.1 Å². The maximum Gasteiger partial charge on any atom is 0.265 e. The van der Waals surface area contributed by atoms with E-state index in [0.717, 1.165) is 17.0 Å². The van der Waals surface area contributed by atoms with Gasteiger partial charge in [0.25, 0.3) is 5.91 Å². The fourth-order valence-corrected chi connectivity index (χ4v) is 2.61. The lowest BCUT2D eigenvalue weighted by molar-refractivity contribution is 0.0768. The molecule has 1 aliphatic heterocycles. The number of thiazole rings is 1. The molecule has 2 heterocycles. The lowest BCUT2D eigenvalue weighted by Gasteiger charge is -2.14. The molecule has 15 heavy (non-hydrogen) atoms. The predicted octanol–water partition coefficient (Wildman–Crippen LogP) is 0.912. The Balaban J connectivity index is 2.14. The van der Waals surface area contributed by atoms with Gasteiger partial charge in [-0.05, 0) is 12.8 Å². The van der Waals surface area contributed by atoms with E-state index in [1.165, 1.54) is 11.3 Å². The van der Waals surface area contributed by atoms with Crippen LogP contribution in [0.3, 0.4) is 0 Å². The van der Waals surface area contributed by atoms with E-state index in [-0.39, 0.29) is 12.0 Å². The van der Waals surface area contributed by atoms with Crippen LogP contribution in [0.5, 0.6) is 0 Å². The molecule has 1 aromatic heterocycles. The van der Waals surface area contributed by atoms with Crippen LogP contribution in [-0.4, -0.2) is 40.1 Å². The minimum absolute atomic E-state index is 0.0194. The van der Waals surface area contributed by atoms with Crippen LogP contribution in [-0.2, 0) is 6.42 Å². The van der Waals surface area contributed by atoms with E-state index in [2.05, 4.69) is 4.98 Å². The van der Waals surface area contributed by atoms with Crippen molar-refractivity contribution in [2.45, 2.75) is 25.9 Å². The minimum atomic E-state index is -0.355. The molecule has 4 nitrogen and oxygen atoms in total. The van der Waals surface area contributed by atoms with Crippen LogP contribution < -0.4 is 0 Å². The van der Waals surface area contributed by atoms with E-state index in [1.807, 2.05) is 6.92 Å². The van der Waals surface area contributed by atoms with Crippen LogP contribution in [0.25, 0.3) is 0 Å². The topological polar surface area (TPSA) is 53.4 Å². The fourth-order valence-electron chi connectivity index (χ4n) is 1.76. The SMILES string of the molecule is CCc1ncsc1C(=O)N1CC[C@@H](O)C1. The van der Waals surface area contributed by atoms with Gasteiger partial charge in [0.1, 0.15) is 4.88 Å². The summed E-state index contributed by atoms with van der Waals surface area (Å²) in [6.07, 6.45) is 1.11. The Labute approximate surface area is 92.6 Å². The van der Waals surface area contributed by atoms with Crippen molar-refractivity contribution in [1.29, 1.82) is 0 Å². The third kappa shape index (κ3) is 2.03. The van der Waals surface area contributed by atoms with Crippen molar-refractivity contribution >= 4 is 17.2 Å². The van der Waals surface area contributed by atoms with Gasteiger partial charge < -0.3 is 10.0 Å². The summed E-state index contributed by atoms with van der Waals surface area (Å²) in [6.45, 7) is 3.10. The van der Waals surface area contributed by atoms with Crippen LogP contribution in [0.2, 0.25) is 0 Å². The van der Waals surface area contributed by atoms with Crippen LogP contribution >= 0.6 is 11.3 Å². The van der Waals surface area contributed by atoms with Crippen molar-refractivity contribution in [3.05, 3.63) is 16.1 Å².